The van der Waals surface area contributed by atoms with Crippen molar-refractivity contribution in [2.75, 3.05) is 7.11 Å². The Kier molecular flexibility index (Phi) is 6.36. The lowest BCUT2D eigenvalue weighted by Crippen LogP contribution is -2.68. The highest BCUT2D eigenvalue weighted by molar-refractivity contribution is 7.00. The van der Waals surface area contributed by atoms with E-state index in [4.69, 9.17) is 14.9 Å². The summed E-state index contributed by atoms with van der Waals surface area (Å²) >= 11 is 0. The van der Waals surface area contributed by atoms with E-state index in [-0.39, 0.29) is 17.1 Å². The van der Waals surface area contributed by atoms with Gasteiger partial charge in [0, 0.05) is 0 Å². The van der Waals surface area contributed by atoms with Gasteiger partial charge >= 0.3 is 14.0 Å². The van der Waals surface area contributed by atoms with E-state index in [1.54, 1.807) is 0 Å². The summed E-state index contributed by atoms with van der Waals surface area (Å²) < 4.78 is 12.3. The molecule has 0 bridgehead atoms. The Balaban J connectivity index is 2.43. The molecule has 3 aromatic rings. The van der Waals surface area contributed by atoms with Gasteiger partial charge in [-0.05, 0) is 27.5 Å². The number of methoxy groups -OCH3 is 1. The summed E-state index contributed by atoms with van der Waals surface area (Å²) in [6, 6.07) is 22.1. The van der Waals surface area contributed by atoms with Gasteiger partial charge in [-0.2, -0.15) is 0 Å². The van der Waals surface area contributed by atoms with Crippen molar-refractivity contribution >= 4 is 30.3 Å². The van der Waals surface area contributed by atoms with Crippen molar-refractivity contribution in [3.63, 3.8) is 0 Å². The molecule has 0 radical (unpaired) electrons. The normalized spacial score (nSPS) is 11.6. The number of carbonyl (C=O) groups is 1. The van der Waals surface area contributed by atoms with Crippen LogP contribution in [0.25, 0.3) is 0 Å². The van der Waals surface area contributed by atoms with E-state index in [1.807, 2.05) is 60.7 Å². The molecule has 0 aliphatic carbocycles. The molecule has 32 heavy (non-hydrogen) atoms. The molecule has 166 valence electrons. The number of hydrogen-bond acceptors (Lipinski definition) is 5. The Morgan fingerprint density at radius 1 is 0.938 bits per heavy atom. The minimum atomic E-state index is -3.21. The summed E-state index contributed by atoms with van der Waals surface area (Å²) in [6.07, 6.45) is 0. The van der Waals surface area contributed by atoms with Crippen molar-refractivity contribution < 1.29 is 18.9 Å². The predicted molar refractivity (Wildman–Crippen MR) is 126 cm³/mol. The molecule has 3 aromatic carbocycles. The quantitative estimate of drug-likeness (QED) is 0.336. The molecule has 0 heterocycles. The summed E-state index contributed by atoms with van der Waals surface area (Å²) in [7, 11) is -1.81. The number of nitrogens with two attached hydrogens (primary N) is 1. The van der Waals surface area contributed by atoms with Crippen molar-refractivity contribution in [3.05, 3.63) is 88.5 Å². The van der Waals surface area contributed by atoms with Crippen molar-refractivity contribution in [1.29, 1.82) is 0 Å². The first-order chi connectivity index (χ1) is 15.1. The largest absolute Gasteiger partial charge is 0.527 e. The Morgan fingerprint density at radius 2 is 1.44 bits per heavy atom. The molecule has 0 aromatic heterocycles. The first-order valence-electron chi connectivity index (χ1n) is 10.1. The number of hydrogen-bond donors (Lipinski definition) is 1. The molecule has 0 atom stereocenters. The van der Waals surface area contributed by atoms with E-state index in [0.717, 1.165) is 10.4 Å². The molecule has 7 nitrogen and oxygen atoms in total. The van der Waals surface area contributed by atoms with E-state index < -0.39 is 29.9 Å². The summed E-state index contributed by atoms with van der Waals surface area (Å²) in [6.45, 7) is 6.15. The third kappa shape index (κ3) is 3.96. The second kappa shape index (κ2) is 8.84. The fraction of sp³-hybridized carbons (Fsp3) is 0.208. The van der Waals surface area contributed by atoms with E-state index >= 15 is 0 Å². The van der Waals surface area contributed by atoms with Gasteiger partial charge in [0.05, 0.1) is 12.0 Å². The van der Waals surface area contributed by atoms with E-state index in [9.17, 15) is 14.9 Å². The van der Waals surface area contributed by atoms with Gasteiger partial charge in [-0.3, -0.25) is 14.9 Å². The molecule has 0 saturated carbocycles. The lowest BCUT2D eigenvalue weighted by molar-refractivity contribution is -0.385. The molecule has 0 saturated heterocycles. The maximum atomic E-state index is 12.1. The van der Waals surface area contributed by atoms with Crippen LogP contribution >= 0.6 is 0 Å². The topological polar surface area (TPSA) is 105 Å². The summed E-state index contributed by atoms with van der Waals surface area (Å²) in [5, 5.41) is 13.5. The van der Waals surface area contributed by atoms with Crippen LogP contribution in [0.15, 0.2) is 72.8 Å². The third-order valence-corrected chi connectivity index (χ3v) is 10.4. The molecular formula is C24H26N2O5Si. The molecule has 0 spiro atoms. The third-order valence-electron chi connectivity index (χ3n) is 5.44. The van der Waals surface area contributed by atoms with E-state index in [2.05, 4.69) is 20.8 Å². The Morgan fingerprint density at radius 3 is 1.81 bits per heavy atom. The van der Waals surface area contributed by atoms with Crippen molar-refractivity contribution in [3.8, 4) is 11.5 Å². The van der Waals surface area contributed by atoms with Crippen LogP contribution in [0, 0.1) is 10.1 Å². The zero-order valence-electron chi connectivity index (χ0n) is 18.5. The van der Waals surface area contributed by atoms with Crippen LogP contribution in [-0.2, 0) is 0 Å². The Labute approximate surface area is 188 Å². The second-order valence-corrected chi connectivity index (χ2v) is 12.6. The van der Waals surface area contributed by atoms with Crippen LogP contribution < -0.4 is 25.3 Å². The van der Waals surface area contributed by atoms with Crippen LogP contribution in [0.5, 0.6) is 11.5 Å². The molecule has 0 aliphatic heterocycles. The van der Waals surface area contributed by atoms with Gasteiger partial charge in [0.25, 0.3) is 5.91 Å². The monoisotopic (exact) mass is 450 g/mol. The number of carbonyl (C=O) groups excluding carboxylic acids is 1. The van der Waals surface area contributed by atoms with E-state index in [0.29, 0.717) is 0 Å². The molecule has 0 unspecified atom stereocenters. The number of rotatable bonds is 7. The smallest absolute Gasteiger partial charge is 0.326 e. The van der Waals surface area contributed by atoms with Crippen LogP contribution in [0.4, 0.5) is 5.69 Å². The molecule has 0 fully saturated rings. The molecule has 0 aliphatic rings. The average molecular weight is 451 g/mol. The number of nitrogens with zero attached hydrogens (tertiary/aromatic N) is 1. The predicted octanol–water partition coefficient (Wildman–Crippen LogP) is 3.64. The highest BCUT2D eigenvalue weighted by Gasteiger charge is 2.53. The zero-order chi connectivity index (χ0) is 23.5. The summed E-state index contributed by atoms with van der Waals surface area (Å²) in [4.78, 5) is 23.5. The lowest BCUT2D eigenvalue weighted by atomic mass is 10.1. The highest BCUT2D eigenvalue weighted by Crippen LogP contribution is 2.45. The number of nitro benzene ring substituents is 1. The number of primary amides is 1. The van der Waals surface area contributed by atoms with Crippen LogP contribution in [-0.4, -0.2) is 26.3 Å². The van der Waals surface area contributed by atoms with Crippen molar-refractivity contribution in [1.82, 2.24) is 0 Å². The number of nitro groups is 1. The fourth-order valence-corrected chi connectivity index (χ4v) is 8.43. The zero-order valence-corrected chi connectivity index (χ0v) is 19.5. The minimum absolute atomic E-state index is 0.0944. The van der Waals surface area contributed by atoms with Gasteiger partial charge in [-0.1, -0.05) is 81.4 Å². The number of amides is 1. The summed E-state index contributed by atoms with van der Waals surface area (Å²) in [5.74, 6) is -0.843. The minimum Gasteiger partial charge on any atom is -0.527 e. The standard InChI is InChI=1S/C24H26N2O5Si/c1-24(2,3)32(17-11-7-5-8-12-17,18-13-9-6-10-14-18)31-22-20(30-4)16-15-19(23(25)27)21(22)26(28)29/h5-16H,1-4H3,(H2,25,27). The van der Waals surface area contributed by atoms with Gasteiger partial charge in [0.1, 0.15) is 5.56 Å². The molecule has 8 heteroatoms. The van der Waals surface area contributed by atoms with Crippen LogP contribution in [0.3, 0.4) is 0 Å². The molecule has 1 amide bonds. The Bertz CT molecular complexity index is 1090. The maximum absolute atomic E-state index is 12.1. The van der Waals surface area contributed by atoms with Crippen molar-refractivity contribution in [2.45, 2.75) is 25.8 Å². The van der Waals surface area contributed by atoms with Gasteiger partial charge in [0.2, 0.25) is 5.75 Å². The second-order valence-electron chi connectivity index (χ2n) is 8.38. The first-order valence-corrected chi connectivity index (χ1v) is 12.0. The van der Waals surface area contributed by atoms with Gasteiger partial charge in [-0.15, -0.1) is 0 Å². The van der Waals surface area contributed by atoms with Gasteiger partial charge < -0.3 is 14.9 Å². The molecule has 2 N–H and O–H groups in total. The van der Waals surface area contributed by atoms with Gasteiger partial charge in [0.15, 0.2) is 5.75 Å². The maximum Gasteiger partial charge on any atom is 0.326 e. The molecule has 3 rings (SSSR count). The van der Waals surface area contributed by atoms with Gasteiger partial charge in [-0.25, -0.2) is 0 Å². The Hall–Kier alpha value is -3.65. The first kappa shape index (κ1) is 23.0. The number of ether oxygens (including phenoxy) is 1. The lowest BCUT2D eigenvalue weighted by Gasteiger charge is -2.42. The molecular weight excluding hydrogens is 424 g/mol. The number of benzene rings is 3. The summed E-state index contributed by atoms with van der Waals surface area (Å²) in [5.41, 5.74) is 4.73. The van der Waals surface area contributed by atoms with Crippen LogP contribution in [0.1, 0.15) is 31.1 Å². The SMILES string of the molecule is COc1ccc(C(N)=O)c([N+](=O)[O-])c1O[Si](c1ccccc1)(c1ccccc1)C(C)(C)C. The average Bonchev–Trinajstić information content (AvgIpc) is 2.76. The fourth-order valence-electron chi connectivity index (χ4n) is 3.99. The van der Waals surface area contributed by atoms with E-state index in [1.165, 1.54) is 19.2 Å². The van der Waals surface area contributed by atoms with Crippen molar-refractivity contribution in [2.24, 2.45) is 5.73 Å². The highest BCUT2D eigenvalue weighted by atomic mass is 28.4. The van der Waals surface area contributed by atoms with Crippen LogP contribution in [0.2, 0.25) is 5.04 Å².